The summed E-state index contributed by atoms with van der Waals surface area (Å²) in [7, 11) is 3.16. The third kappa shape index (κ3) is 5.04. The number of hydrogen-bond acceptors (Lipinski definition) is 7. The first kappa shape index (κ1) is 20.2. The van der Waals surface area contributed by atoms with Crippen molar-refractivity contribution in [3.8, 4) is 29.0 Å². The summed E-state index contributed by atoms with van der Waals surface area (Å²) in [5.74, 6) is 1.40. The molecule has 0 aliphatic rings. The molecular formula is C21H23N3O5. The number of ether oxygens (including phenoxy) is 3. The number of likely N-dealkylation sites (N-methyl/N-ethyl adjacent to an activating group) is 1. The maximum absolute atomic E-state index is 12.6. The Morgan fingerprint density at radius 2 is 1.79 bits per heavy atom. The fourth-order valence-corrected chi connectivity index (χ4v) is 2.76. The fourth-order valence-electron chi connectivity index (χ4n) is 2.76. The quantitative estimate of drug-likeness (QED) is 0.548. The molecule has 0 unspecified atom stereocenters. The van der Waals surface area contributed by atoms with Gasteiger partial charge in [-0.1, -0.05) is 29.4 Å². The highest BCUT2D eigenvalue weighted by molar-refractivity contribution is 5.77. The van der Waals surface area contributed by atoms with E-state index in [0.29, 0.717) is 30.5 Å². The summed E-state index contributed by atoms with van der Waals surface area (Å²) in [5, 5.41) is 7.78. The van der Waals surface area contributed by atoms with Gasteiger partial charge in [-0.15, -0.1) is 5.10 Å². The van der Waals surface area contributed by atoms with Gasteiger partial charge in [-0.05, 0) is 36.8 Å². The lowest BCUT2D eigenvalue weighted by molar-refractivity contribution is -0.134. The van der Waals surface area contributed by atoms with Crippen LogP contribution >= 0.6 is 0 Å². The molecule has 1 amide bonds. The Morgan fingerprint density at radius 3 is 2.48 bits per heavy atom. The maximum atomic E-state index is 12.6. The Balaban J connectivity index is 1.60. The molecule has 0 aliphatic carbocycles. The van der Waals surface area contributed by atoms with Crippen LogP contribution in [0.15, 0.2) is 52.9 Å². The second-order valence-electron chi connectivity index (χ2n) is 6.13. The van der Waals surface area contributed by atoms with Crippen LogP contribution in [0.5, 0.6) is 17.6 Å². The molecule has 0 saturated heterocycles. The Hall–Kier alpha value is -3.55. The second-order valence-corrected chi connectivity index (χ2v) is 6.13. The average molecular weight is 397 g/mol. The van der Waals surface area contributed by atoms with Crippen LogP contribution in [0.2, 0.25) is 0 Å². The highest BCUT2D eigenvalue weighted by Crippen LogP contribution is 2.28. The zero-order valence-electron chi connectivity index (χ0n) is 16.6. The van der Waals surface area contributed by atoms with Gasteiger partial charge in [0.25, 0.3) is 11.8 Å². The van der Waals surface area contributed by atoms with E-state index in [1.807, 2.05) is 55.5 Å². The summed E-state index contributed by atoms with van der Waals surface area (Å²) in [6, 6.07) is 14.9. The van der Waals surface area contributed by atoms with Gasteiger partial charge in [-0.2, -0.15) is 0 Å². The number of benzene rings is 2. The lowest BCUT2D eigenvalue weighted by Crippen LogP contribution is -2.34. The summed E-state index contributed by atoms with van der Waals surface area (Å²) in [6.45, 7) is 2.64. The molecule has 0 aliphatic heterocycles. The van der Waals surface area contributed by atoms with Gasteiger partial charge >= 0.3 is 6.08 Å². The first-order chi connectivity index (χ1) is 14.1. The Kier molecular flexibility index (Phi) is 6.67. The van der Waals surface area contributed by atoms with Crippen molar-refractivity contribution < 1.29 is 23.4 Å². The van der Waals surface area contributed by atoms with Crippen LogP contribution in [0.4, 0.5) is 0 Å². The minimum atomic E-state index is -0.197. The summed E-state index contributed by atoms with van der Waals surface area (Å²) in [5.41, 5.74) is 1.70. The van der Waals surface area contributed by atoms with Crippen LogP contribution in [0.1, 0.15) is 12.5 Å². The molecule has 8 nitrogen and oxygen atoms in total. The number of carbonyl (C=O) groups excluding carboxylic acids is 1. The highest BCUT2D eigenvalue weighted by atomic mass is 16.6. The topological polar surface area (TPSA) is 86.9 Å². The van der Waals surface area contributed by atoms with E-state index < -0.39 is 0 Å². The third-order valence-corrected chi connectivity index (χ3v) is 4.30. The molecule has 1 aromatic heterocycles. The molecule has 0 fully saturated rings. The molecule has 2 aromatic carbocycles. The van der Waals surface area contributed by atoms with E-state index in [-0.39, 0.29) is 18.6 Å². The fraction of sp³-hybridized carbons (Fsp3) is 0.286. The summed E-state index contributed by atoms with van der Waals surface area (Å²) >= 11 is 0. The van der Waals surface area contributed by atoms with Crippen LogP contribution in [0.25, 0.3) is 11.5 Å². The summed E-state index contributed by atoms with van der Waals surface area (Å²) in [4.78, 5) is 14.2. The van der Waals surface area contributed by atoms with Crippen LogP contribution < -0.4 is 14.2 Å². The standard InChI is InChI=1S/C21H23N3O5/c1-4-24(13-15-10-11-17(26-2)18(12-15)27-3)19(25)14-28-21-23-22-20(29-21)16-8-6-5-7-9-16/h5-12H,4,13-14H2,1-3H3. The Labute approximate surface area is 169 Å². The van der Waals surface area contributed by atoms with E-state index in [9.17, 15) is 4.79 Å². The van der Waals surface area contributed by atoms with E-state index in [1.54, 1.807) is 19.1 Å². The number of aromatic nitrogens is 2. The van der Waals surface area contributed by atoms with E-state index >= 15 is 0 Å². The predicted molar refractivity (Wildman–Crippen MR) is 106 cm³/mol. The normalized spacial score (nSPS) is 10.4. The molecule has 3 rings (SSSR count). The molecular weight excluding hydrogens is 374 g/mol. The smallest absolute Gasteiger partial charge is 0.415 e. The molecule has 0 radical (unpaired) electrons. The Morgan fingerprint density at radius 1 is 1.03 bits per heavy atom. The van der Waals surface area contributed by atoms with Crippen molar-refractivity contribution in [3.63, 3.8) is 0 Å². The van der Waals surface area contributed by atoms with Crippen LogP contribution in [-0.4, -0.2) is 48.4 Å². The molecule has 0 spiro atoms. The number of methoxy groups -OCH3 is 2. The minimum absolute atomic E-state index is 0.0422. The predicted octanol–water partition coefficient (Wildman–Crippen LogP) is 3.18. The SMILES string of the molecule is CCN(Cc1ccc(OC)c(OC)c1)C(=O)COc1nnc(-c2ccccc2)o1. The molecule has 3 aromatic rings. The van der Waals surface area contributed by atoms with E-state index in [2.05, 4.69) is 10.2 Å². The van der Waals surface area contributed by atoms with Crippen molar-refractivity contribution in [2.24, 2.45) is 0 Å². The molecule has 8 heteroatoms. The second kappa shape index (κ2) is 9.59. The zero-order valence-corrected chi connectivity index (χ0v) is 16.6. The monoisotopic (exact) mass is 397 g/mol. The van der Waals surface area contributed by atoms with Gasteiger partial charge in [0.1, 0.15) is 0 Å². The highest BCUT2D eigenvalue weighted by Gasteiger charge is 2.17. The number of amides is 1. The van der Waals surface area contributed by atoms with Crippen molar-refractivity contribution in [3.05, 3.63) is 54.1 Å². The number of nitrogens with zero attached hydrogens (tertiary/aromatic N) is 3. The van der Waals surface area contributed by atoms with Gasteiger partial charge in [-0.3, -0.25) is 4.79 Å². The molecule has 152 valence electrons. The maximum Gasteiger partial charge on any atom is 0.415 e. The number of rotatable bonds is 9. The molecule has 29 heavy (non-hydrogen) atoms. The van der Waals surface area contributed by atoms with Gasteiger partial charge in [0.05, 0.1) is 14.2 Å². The Bertz CT molecular complexity index is 942. The van der Waals surface area contributed by atoms with Crippen molar-refractivity contribution in [2.45, 2.75) is 13.5 Å². The van der Waals surface area contributed by atoms with Gasteiger partial charge < -0.3 is 23.5 Å². The molecule has 0 atom stereocenters. The van der Waals surface area contributed by atoms with E-state index in [1.165, 1.54) is 0 Å². The van der Waals surface area contributed by atoms with Crippen LogP contribution in [0.3, 0.4) is 0 Å². The lowest BCUT2D eigenvalue weighted by atomic mass is 10.2. The number of hydrogen-bond donors (Lipinski definition) is 0. The zero-order chi connectivity index (χ0) is 20.6. The van der Waals surface area contributed by atoms with Crippen molar-refractivity contribution >= 4 is 5.91 Å². The van der Waals surface area contributed by atoms with E-state index in [0.717, 1.165) is 11.1 Å². The molecule has 0 bridgehead atoms. The third-order valence-electron chi connectivity index (χ3n) is 4.30. The van der Waals surface area contributed by atoms with Gasteiger partial charge in [0.15, 0.2) is 18.1 Å². The van der Waals surface area contributed by atoms with E-state index in [4.69, 9.17) is 18.6 Å². The first-order valence-corrected chi connectivity index (χ1v) is 9.15. The van der Waals surface area contributed by atoms with Crippen LogP contribution in [0, 0.1) is 0 Å². The molecule has 0 N–H and O–H groups in total. The van der Waals surface area contributed by atoms with Crippen molar-refractivity contribution in [1.82, 2.24) is 15.1 Å². The molecule has 1 heterocycles. The average Bonchev–Trinajstić information content (AvgIpc) is 3.25. The van der Waals surface area contributed by atoms with Crippen molar-refractivity contribution in [1.29, 1.82) is 0 Å². The van der Waals surface area contributed by atoms with Gasteiger partial charge in [0.2, 0.25) is 0 Å². The van der Waals surface area contributed by atoms with Gasteiger partial charge in [-0.25, -0.2) is 0 Å². The van der Waals surface area contributed by atoms with Crippen molar-refractivity contribution in [2.75, 3.05) is 27.4 Å². The number of carbonyl (C=O) groups is 1. The summed E-state index contributed by atoms with van der Waals surface area (Å²) < 4.78 is 21.4. The first-order valence-electron chi connectivity index (χ1n) is 9.15. The molecule has 0 saturated carbocycles. The largest absolute Gasteiger partial charge is 0.493 e. The minimum Gasteiger partial charge on any atom is -0.493 e. The lowest BCUT2D eigenvalue weighted by Gasteiger charge is -2.21. The summed E-state index contributed by atoms with van der Waals surface area (Å²) in [6.07, 6.45) is -0.0422. The van der Waals surface area contributed by atoms with Crippen LogP contribution in [-0.2, 0) is 11.3 Å². The van der Waals surface area contributed by atoms with Gasteiger partial charge in [0, 0.05) is 18.7 Å².